The first kappa shape index (κ1) is 7.93. The van der Waals surface area contributed by atoms with Gasteiger partial charge in [-0.3, -0.25) is 0 Å². The van der Waals surface area contributed by atoms with Crippen LogP contribution in [0.15, 0.2) is 23.0 Å². The molecule has 0 N–H and O–H groups in total. The molecule has 0 nitrogen and oxygen atoms in total. The second-order valence-corrected chi connectivity index (χ2v) is 4.88. The van der Waals surface area contributed by atoms with Crippen LogP contribution in [0.4, 0.5) is 0 Å². The molecule has 0 fully saturated rings. The third-order valence-electron chi connectivity index (χ3n) is 1.89. The fraction of sp³-hybridized carbons (Fsp3) is 0.556. The van der Waals surface area contributed by atoms with Gasteiger partial charge in [0.05, 0.1) is 0 Å². The topological polar surface area (TPSA) is 0 Å². The van der Waals surface area contributed by atoms with Gasteiger partial charge in [0, 0.05) is 0 Å². The normalized spacial score (nSPS) is 22.0. The van der Waals surface area contributed by atoms with Gasteiger partial charge in [0.15, 0.2) is 0 Å². The van der Waals surface area contributed by atoms with Crippen molar-refractivity contribution in [3.63, 3.8) is 0 Å². The molecule has 0 amide bonds. The van der Waals surface area contributed by atoms with Gasteiger partial charge in [0.25, 0.3) is 0 Å². The van der Waals surface area contributed by atoms with E-state index in [0.717, 1.165) is 5.92 Å². The summed E-state index contributed by atoms with van der Waals surface area (Å²) in [6.07, 6.45) is 5.67. The van der Waals surface area contributed by atoms with E-state index in [1.54, 1.807) is 0 Å². The monoisotopic (exact) mass is 156 g/mol. The molecule has 1 heterocycles. The van der Waals surface area contributed by atoms with E-state index >= 15 is 0 Å². The molecule has 0 spiro atoms. The van der Waals surface area contributed by atoms with Crippen LogP contribution >= 0.6 is 10.9 Å². The minimum absolute atomic E-state index is 0.149. The van der Waals surface area contributed by atoms with Crippen molar-refractivity contribution in [3.8, 4) is 0 Å². The van der Waals surface area contributed by atoms with Gasteiger partial charge in [0.2, 0.25) is 0 Å². The van der Waals surface area contributed by atoms with Gasteiger partial charge < -0.3 is 0 Å². The molecule has 1 aliphatic heterocycles. The molecular formula is C9H16S. The van der Waals surface area contributed by atoms with Crippen molar-refractivity contribution in [1.82, 2.24) is 0 Å². The van der Waals surface area contributed by atoms with Crippen molar-refractivity contribution in [2.45, 2.75) is 20.3 Å². The van der Waals surface area contributed by atoms with Crippen molar-refractivity contribution in [2.24, 2.45) is 5.92 Å². The predicted octanol–water partition coefficient (Wildman–Crippen LogP) is 3.07. The van der Waals surface area contributed by atoms with Gasteiger partial charge in [-0.15, -0.1) is 0 Å². The van der Waals surface area contributed by atoms with Crippen LogP contribution in [0.5, 0.6) is 0 Å². The Morgan fingerprint density at radius 2 is 1.90 bits per heavy atom. The number of hydrogen-bond donors (Lipinski definition) is 1. The Morgan fingerprint density at radius 3 is 2.40 bits per heavy atom. The zero-order valence-corrected chi connectivity index (χ0v) is 7.64. The molecule has 1 rings (SSSR count). The largest absolute Gasteiger partial charge is 0.213 e. The van der Waals surface area contributed by atoms with Crippen LogP contribution in [-0.2, 0) is 0 Å². The molecule has 0 radical (unpaired) electrons. The second kappa shape index (κ2) is 3.87. The molecule has 1 heteroatoms. The Hall–Kier alpha value is -0.170. The predicted molar refractivity (Wildman–Crippen MR) is 51.6 cm³/mol. The van der Waals surface area contributed by atoms with Crippen LogP contribution in [0.1, 0.15) is 20.3 Å². The maximum Gasteiger partial charge on any atom is -0.0159 e. The molecule has 0 aromatic carbocycles. The summed E-state index contributed by atoms with van der Waals surface area (Å²) in [6.45, 7) is 4.60. The number of allylic oxidation sites excluding steroid dienone is 2. The summed E-state index contributed by atoms with van der Waals surface area (Å²) in [5.74, 6) is 2.29. The van der Waals surface area contributed by atoms with Crippen molar-refractivity contribution in [1.29, 1.82) is 0 Å². The standard InChI is InChI=1S/C9H16S/c1-3-9(2)8-10-6-4-5-7-10/h4-7,9-10H,3,8H2,1-2H3. The van der Waals surface area contributed by atoms with Crippen molar-refractivity contribution in [3.05, 3.63) is 23.0 Å². The SMILES string of the molecule is CCC(C)C[SH]1C=CC=C1. The third-order valence-corrected chi connectivity index (χ3v) is 4.04. The van der Waals surface area contributed by atoms with Crippen LogP contribution in [0.2, 0.25) is 0 Å². The van der Waals surface area contributed by atoms with Gasteiger partial charge in [-0.05, 0) is 22.5 Å². The van der Waals surface area contributed by atoms with E-state index in [2.05, 4.69) is 36.8 Å². The Bertz CT molecular complexity index is 135. The van der Waals surface area contributed by atoms with E-state index in [1.165, 1.54) is 12.2 Å². The van der Waals surface area contributed by atoms with E-state index in [1.807, 2.05) is 0 Å². The number of rotatable bonds is 3. The summed E-state index contributed by atoms with van der Waals surface area (Å²) in [6, 6.07) is 0. The highest BCUT2D eigenvalue weighted by Crippen LogP contribution is 2.35. The Morgan fingerprint density at radius 1 is 1.30 bits per heavy atom. The lowest BCUT2D eigenvalue weighted by Gasteiger charge is -2.14. The Kier molecular flexibility index (Phi) is 3.07. The first-order valence-corrected chi connectivity index (χ1v) is 5.60. The summed E-state index contributed by atoms with van der Waals surface area (Å²) in [7, 11) is 0.149. The fourth-order valence-electron chi connectivity index (χ4n) is 0.981. The third kappa shape index (κ3) is 2.22. The highest BCUT2D eigenvalue weighted by atomic mass is 32.2. The quantitative estimate of drug-likeness (QED) is 0.596. The molecule has 1 unspecified atom stereocenters. The first-order chi connectivity index (χ1) is 4.83. The smallest absolute Gasteiger partial charge is 0.0159 e. The van der Waals surface area contributed by atoms with Crippen LogP contribution in [0.25, 0.3) is 0 Å². The molecule has 0 saturated carbocycles. The molecule has 0 aromatic heterocycles. The first-order valence-electron chi connectivity index (χ1n) is 3.93. The van der Waals surface area contributed by atoms with E-state index in [0.29, 0.717) is 0 Å². The molecule has 58 valence electrons. The molecule has 0 saturated heterocycles. The molecule has 10 heavy (non-hydrogen) atoms. The summed E-state index contributed by atoms with van der Waals surface area (Å²) < 4.78 is 0. The van der Waals surface area contributed by atoms with E-state index in [4.69, 9.17) is 0 Å². The summed E-state index contributed by atoms with van der Waals surface area (Å²) >= 11 is 0. The van der Waals surface area contributed by atoms with Crippen LogP contribution < -0.4 is 0 Å². The van der Waals surface area contributed by atoms with Crippen LogP contribution in [-0.4, -0.2) is 5.75 Å². The maximum atomic E-state index is 2.35. The summed E-state index contributed by atoms with van der Waals surface area (Å²) in [5.41, 5.74) is 0. The average Bonchev–Trinajstić information content (AvgIpc) is 2.40. The minimum atomic E-state index is 0.149. The Labute approximate surface area is 66.4 Å². The van der Waals surface area contributed by atoms with E-state index in [9.17, 15) is 0 Å². The van der Waals surface area contributed by atoms with Gasteiger partial charge in [-0.1, -0.05) is 32.4 Å². The van der Waals surface area contributed by atoms with Gasteiger partial charge in [-0.25, -0.2) is 10.9 Å². The number of hydrogen-bond acceptors (Lipinski definition) is 0. The van der Waals surface area contributed by atoms with Crippen LogP contribution in [0, 0.1) is 5.92 Å². The lowest BCUT2D eigenvalue weighted by atomic mass is 10.2. The minimum Gasteiger partial charge on any atom is -0.213 e. The highest BCUT2D eigenvalue weighted by molar-refractivity contribution is 8.22. The van der Waals surface area contributed by atoms with Gasteiger partial charge in [0.1, 0.15) is 0 Å². The van der Waals surface area contributed by atoms with Crippen molar-refractivity contribution >= 4 is 10.9 Å². The van der Waals surface area contributed by atoms with Crippen molar-refractivity contribution < 1.29 is 0 Å². The zero-order valence-electron chi connectivity index (χ0n) is 6.75. The Balaban J connectivity index is 2.25. The van der Waals surface area contributed by atoms with Gasteiger partial charge >= 0.3 is 0 Å². The lowest BCUT2D eigenvalue weighted by Crippen LogP contribution is -1.96. The second-order valence-electron chi connectivity index (χ2n) is 2.89. The molecule has 0 aliphatic carbocycles. The van der Waals surface area contributed by atoms with Crippen molar-refractivity contribution in [2.75, 3.05) is 5.75 Å². The lowest BCUT2D eigenvalue weighted by molar-refractivity contribution is 0.637. The summed E-state index contributed by atoms with van der Waals surface area (Å²) in [5, 5.41) is 4.70. The molecule has 0 bridgehead atoms. The number of thiol groups is 1. The van der Waals surface area contributed by atoms with Crippen LogP contribution in [0.3, 0.4) is 0 Å². The fourth-order valence-corrected chi connectivity index (χ4v) is 2.94. The molecule has 1 atom stereocenters. The highest BCUT2D eigenvalue weighted by Gasteiger charge is 2.03. The zero-order chi connectivity index (χ0) is 7.40. The van der Waals surface area contributed by atoms with E-state index in [-0.39, 0.29) is 10.9 Å². The van der Waals surface area contributed by atoms with Gasteiger partial charge in [-0.2, -0.15) is 0 Å². The molecule has 0 aromatic rings. The maximum absolute atomic E-state index is 2.35. The molecular weight excluding hydrogens is 140 g/mol. The van der Waals surface area contributed by atoms with E-state index < -0.39 is 0 Å². The summed E-state index contributed by atoms with van der Waals surface area (Å²) in [4.78, 5) is 0. The average molecular weight is 156 g/mol. The molecule has 1 aliphatic rings.